The summed E-state index contributed by atoms with van der Waals surface area (Å²) >= 11 is 5.79. The van der Waals surface area contributed by atoms with E-state index < -0.39 is 0 Å². The zero-order valence-electron chi connectivity index (χ0n) is 9.52. The number of hydrogen-bond donors (Lipinski definition) is 2. The number of anilines is 2. The Balaban J connectivity index is 1.91. The average Bonchev–Trinajstić information content (AvgIpc) is 2.69. The molecule has 90 valence electrons. The van der Waals surface area contributed by atoms with Gasteiger partial charge >= 0.3 is 0 Å². The summed E-state index contributed by atoms with van der Waals surface area (Å²) < 4.78 is 1.78. The first-order valence-corrected chi connectivity index (χ1v) is 5.67. The second-order valence-electron chi connectivity index (χ2n) is 3.73. The van der Waals surface area contributed by atoms with E-state index in [2.05, 4.69) is 15.4 Å². The maximum Gasteiger partial charge on any atom is 0.150 e. The van der Waals surface area contributed by atoms with Crippen LogP contribution < -0.4 is 11.1 Å². The fourth-order valence-corrected chi connectivity index (χ4v) is 1.64. The number of pyridine rings is 1. The predicted molar refractivity (Wildman–Crippen MR) is 69.1 cm³/mol. The zero-order chi connectivity index (χ0) is 12.3. The monoisotopic (exact) mass is 251 g/mol. The van der Waals surface area contributed by atoms with Crippen LogP contribution in [0.5, 0.6) is 0 Å². The van der Waals surface area contributed by atoms with Gasteiger partial charge in [0.05, 0.1) is 11.4 Å². The van der Waals surface area contributed by atoms with Gasteiger partial charge in [0.25, 0.3) is 0 Å². The summed E-state index contributed by atoms with van der Waals surface area (Å²) in [6.45, 7) is 0.717. The molecule has 3 N–H and O–H groups in total. The fraction of sp³-hybridized carbons (Fsp3) is 0.273. The van der Waals surface area contributed by atoms with E-state index in [1.807, 2.05) is 19.3 Å². The molecule has 0 saturated carbocycles. The van der Waals surface area contributed by atoms with Gasteiger partial charge in [0.2, 0.25) is 0 Å². The second-order valence-corrected chi connectivity index (χ2v) is 4.12. The first kappa shape index (κ1) is 11.7. The van der Waals surface area contributed by atoms with Crippen LogP contribution in [0, 0.1) is 0 Å². The summed E-state index contributed by atoms with van der Waals surface area (Å²) in [6.07, 6.45) is 2.73. The minimum Gasteiger partial charge on any atom is -0.396 e. The lowest BCUT2D eigenvalue weighted by Gasteiger charge is -2.07. The molecule has 2 aromatic rings. The molecule has 2 rings (SSSR count). The van der Waals surface area contributed by atoms with Crippen LogP contribution in [0.1, 0.15) is 5.69 Å². The Kier molecular flexibility index (Phi) is 3.49. The smallest absolute Gasteiger partial charge is 0.150 e. The van der Waals surface area contributed by atoms with Crippen molar-refractivity contribution in [1.82, 2.24) is 14.8 Å². The van der Waals surface area contributed by atoms with Crippen LogP contribution in [-0.4, -0.2) is 21.3 Å². The van der Waals surface area contributed by atoms with Crippen molar-refractivity contribution in [3.05, 3.63) is 35.2 Å². The number of nitrogens with zero attached hydrogens (tertiary/aromatic N) is 3. The van der Waals surface area contributed by atoms with Gasteiger partial charge in [0, 0.05) is 26.2 Å². The molecule has 0 fully saturated rings. The van der Waals surface area contributed by atoms with E-state index >= 15 is 0 Å². The summed E-state index contributed by atoms with van der Waals surface area (Å²) in [5.74, 6) is 0.619. The Hall–Kier alpha value is -1.75. The second kappa shape index (κ2) is 5.05. The Morgan fingerprint density at radius 2 is 2.24 bits per heavy atom. The molecule has 0 aromatic carbocycles. The Bertz CT molecular complexity index is 508. The molecule has 17 heavy (non-hydrogen) atoms. The number of aryl methyl sites for hydroxylation is 1. The minimum atomic E-state index is 0.430. The molecule has 0 saturated heterocycles. The third kappa shape index (κ3) is 3.10. The molecule has 0 spiro atoms. The molecule has 0 bridgehead atoms. The molecule has 0 amide bonds. The van der Waals surface area contributed by atoms with Crippen molar-refractivity contribution in [2.24, 2.45) is 7.05 Å². The van der Waals surface area contributed by atoms with Crippen molar-refractivity contribution in [2.45, 2.75) is 6.42 Å². The normalized spacial score (nSPS) is 10.5. The number of halogens is 1. The Morgan fingerprint density at radius 1 is 1.41 bits per heavy atom. The molecular weight excluding hydrogens is 238 g/mol. The maximum atomic E-state index is 5.79. The number of nitrogen functional groups attached to an aromatic ring is 1. The molecule has 0 aliphatic carbocycles. The van der Waals surface area contributed by atoms with Crippen LogP contribution >= 0.6 is 11.6 Å². The standard InChI is InChI=1S/C11H14ClN5/c1-17-7-5-8(16-17)4-6-14-11-9(13)2-3-10(12)15-11/h2-3,5,7H,4,6,13H2,1H3,(H,14,15). The SMILES string of the molecule is Cn1ccc(CCNc2nc(Cl)ccc2N)n1. The van der Waals surface area contributed by atoms with E-state index in [1.54, 1.807) is 16.8 Å². The van der Waals surface area contributed by atoms with E-state index in [0.717, 1.165) is 12.1 Å². The fourth-order valence-electron chi connectivity index (χ4n) is 1.49. The summed E-state index contributed by atoms with van der Waals surface area (Å²) in [5, 5.41) is 7.85. The van der Waals surface area contributed by atoms with E-state index in [9.17, 15) is 0 Å². The predicted octanol–water partition coefficient (Wildman–Crippen LogP) is 1.71. The molecule has 0 aliphatic heterocycles. The molecule has 2 aromatic heterocycles. The Labute approximate surface area is 105 Å². The van der Waals surface area contributed by atoms with Crippen LogP contribution in [0.3, 0.4) is 0 Å². The minimum absolute atomic E-state index is 0.430. The van der Waals surface area contributed by atoms with E-state index in [4.69, 9.17) is 17.3 Å². The molecule has 0 unspecified atom stereocenters. The van der Waals surface area contributed by atoms with Gasteiger partial charge in [0.15, 0.2) is 5.82 Å². The molecule has 0 atom stereocenters. The topological polar surface area (TPSA) is 68.8 Å². The van der Waals surface area contributed by atoms with Gasteiger partial charge in [-0.05, 0) is 18.2 Å². The van der Waals surface area contributed by atoms with Crippen LogP contribution in [0.2, 0.25) is 5.15 Å². The molecular formula is C11H14ClN5. The van der Waals surface area contributed by atoms with Gasteiger partial charge < -0.3 is 11.1 Å². The van der Waals surface area contributed by atoms with Gasteiger partial charge in [-0.3, -0.25) is 4.68 Å². The third-order valence-electron chi connectivity index (χ3n) is 2.33. The highest BCUT2D eigenvalue weighted by Crippen LogP contribution is 2.18. The lowest BCUT2D eigenvalue weighted by Crippen LogP contribution is -2.09. The number of hydrogen-bond acceptors (Lipinski definition) is 4. The van der Waals surface area contributed by atoms with Gasteiger partial charge in [-0.1, -0.05) is 11.6 Å². The maximum absolute atomic E-state index is 5.79. The molecule has 5 nitrogen and oxygen atoms in total. The average molecular weight is 252 g/mol. The molecule has 6 heteroatoms. The number of nitrogens with two attached hydrogens (primary N) is 1. The molecule has 2 heterocycles. The highest BCUT2D eigenvalue weighted by atomic mass is 35.5. The van der Waals surface area contributed by atoms with Gasteiger partial charge in [-0.25, -0.2) is 4.98 Å². The number of aromatic nitrogens is 3. The van der Waals surface area contributed by atoms with Gasteiger partial charge in [0.1, 0.15) is 5.15 Å². The number of rotatable bonds is 4. The summed E-state index contributed by atoms with van der Waals surface area (Å²) in [4.78, 5) is 4.11. The first-order valence-electron chi connectivity index (χ1n) is 5.29. The van der Waals surface area contributed by atoms with Crippen molar-refractivity contribution >= 4 is 23.1 Å². The van der Waals surface area contributed by atoms with Crippen molar-refractivity contribution in [3.8, 4) is 0 Å². The van der Waals surface area contributed by atoms with Crippen molar-refractivity contribution in [2.75, 3.05) is 17.6 Å². The third-order valence-corrected chi connectivity index (χ3v) is 2.55. The van der Waals surface area contributed by atoms with Crippen molar-refractivity contribution in [1.29, 1.82) is 0 Å². The highest BCUT2D eigenvalue weighted by Gasteiger charge is 2.02. The molecule has 0 aliphatic rings. The highest BCUT2D eigenvalue weighted by molar-refractivity contribution is 6.29. The van der Waals surface area contributed by atoms with Crippen molar-refractivity contribution in [3.63, 3.8) is 0 Å². The first-order chi connectivity index (χ1) is 8.15. The molecule has 0 radical (unpaired) electrons. The van der Waals surface area contributed by atoms with Crippen LogP contribution in [0.15, 0.2) is 24.4 Å². The lowest BCUT2D eigenvalue weighted by atomic mass is 10.3. The van der Waals surface area contributed by atoms with Crippen LogP contribution in [-0.2, 0) is 13.5 Å². The van der Waals surface area contributed by atoms with E-state index in [-0.39, 0.29) is 0 Å². The Morgan fingerprint density at radius 3 is 2.94 bits per heavy atom. The van der Waals surface area contributed by atoms with E-state index in [1.165, 1.54) is 0 Å². The van der Waals surface area contributed by atoms with Gasteiger partial charge in [-0.2, -0.15) is 5.10 Å². The summed E-state index contributed by atoms with van der Waals surface area (Å²) in [6, 6.07) is 5.38. The summed E-state index contributed by atoms with van der Waals surface area (Å²) in [7, 11) is 1.90. The quantitative estimate of drug-likeness (QED) is 0.812. The number of nitrogens with one attached hydrogen (secondary N) is 1. The summed E-state index contributed by atoms with van der Waals surface area (Å²) in [5.41, 5.74) is 7.39. The lowest BCUT2D eigenvalue weighted by molar-refractivity contribution is 0.742. The van der Waals surface area contributed by atoms with Crippen LogP contribution in [0.4, 0.5) is 11.5 Å². The van der Waals surface area contributed by atoms with Crippen molar-refractivity contribution < 1.29 is 0 Å². The van der Waals surface area contributed by atoms with E-state index in [0.29, 0.717) is 23.2 Å². The largest absolute Gasteiger partial charge is 0.396 e. The van der Waals surface area contributed by atoms with Gasteiger partial charge in [-0.15, -0.1) is 0 Å². The zero-order valence-corrected chi connectivity index (χ0v) is 10.3. The van der Waals surface area contributed by atoms with Crippen LogP contribution in [0.25, 0.3) is 0 Å².